The van der Waals surface area contributed by atoms with Crippen LogP contribution in [-0.4, -0.2) is 5.60 Å². The van der Waals surface area contributed by atoms with Crippen LogP contribution < -0.4 is 4.74 Å². The summed E-state index contributed by atoms with van der Waals surface area (Å²) in [5.74, 6) is 1.86. The molecule has 98 valence electrons. The molecule has 1 atom stereocenters. The lowest BCUT2D eigenvalue weighted by atomic mass is 9.74. The Labute approximate surface area is 118 Å². The maximum atomic E-state index is 6.39. The lowest BCUT2D eigenvalue weighted by Crippen LogP contribution is -2.44. The highest BCUT2D eigenvalue weighted by molar-refractivity contribution is 9.10. The highest BCUT2D eigenvalue weighted by Crippen LogP contribution is 2.43. The molecule has 1 aliphatic heterocycles. The Morgan fingerprint density at radius 1 is 1.22 bits per heavy atom. The van der Waals surface area contributed by atoms with E-state index in [0.717, 1.165) is 22.6 Å². The first-order valence-corrected chi connectivity index (χ1v) is 7.94. The van der Waals surface area contributed by atoms with E-state index in [9.17, 15) is 0 Å². The van der Waals surface area contributed by atoms with Crippen LogP contribution in [0.15, 0.2) is 22.7 Å². The van der Waals surface area contributed by atoms with Crippen LogP contribution in [0.2, 0.25) is 0 Å². The smallest absolute Gasteiger partial charge is 0.123 e. The number of fused-ring (bicyclic) bond motifs is 1. The second-order valence-electron chi connectivity index (χ2n) is 6.00. The third-order valence-electron chi connectivity index (χ3n) is 4.73. The van der Waals surface area contributed by atoms with Gasteiger partial charge in [0.1, 0.15) is 11.4 Å². The average molecular weight is 309 g/mol. The Kier molecular flexibility index (Phi) is 3.40. The fourth-order valence-electron chi connectivity index (χ4n) is 3.53. The topological polar surface area (TPSA) is 9.23 Å². The standard InChI is InChI=1S/C16H21BrO/c1-16(13-5-3-2-4-6-13)10-9-12-11-14(17)7-8-15(12)18-16/h7-8,11,13H,2-6,9-10H2,1H3. The van der Waals surface area contributed by atoms with Gasteiger partial charge in [-0.1, -0.05) is 35.2 Å². The zero-order chi connectivity index (χ0) is 12.6. The fraction of sp³-hybridized carbons (Fsp3) is 0.625. The van der Waals surface area contributed by atoms with Gasteiger partial charge >= 0.3 is 0 Å². The van der Waals surface area contributed by atoms with Crippen LogP contribution in [0.3, 0.4) is 0 Å². The summed E-state index contributed by atoms with van der Waals surface area (Å²) >= 11 is 3.54. The van der Waals surface area contributed by atoms with E-state index in [1.807, 2.05) is 0 Å². The molecule has 1 heterocycles. The first-order chi connectivity index (χ1) is 8.67. The van der Waals surface area contributed by atoms with Crippen LogP contribution in [0.5, 0.6) is 5.75 Å². The van der Waals surface area contributed by atoms with Gasteiger partial charge in [0.2, 0.25) is 0 Å². The summed E-state index contributed by atoms with van der Waals surface area (Å²) in [5, 5.41) is 0. The van der Waals surface area contributed by atoms with Gasteiger partial charge in [-0.2, -0.15) is 0 Å². The Bertz CT molecular complexity index is 437. The van der Waals surface area contributed by atoms with E-state index < -0.39 is 0 Å². The van der Waals surface area contributed by atoms with Crippen molar-refractivity contribution in [3.63, 3.8) is 0 Å². The summed E-state index contributed by atoms with van der Waals surface area (Å²) in [6.45, 7) is 2.33. The highest BCUT2D eigenvalue weighted by Gasteiger charge is 2.39. The Balaban J connectivity index is 1.82. The maximum absolute atomic E-state index is 6.39. The first kappa shape index (κ1) is 12.5. The highest BCUT2D eigenvalue weighted by atomic mass is 79.9. The van der Waals surface area contributed by atoms with Crippen molar-refractivity contribution in [1.29, 1.82) is 0 Å². The Hall–Kier alpha value is -0.500. The third kappa shape index (κ3) is 2.32. The van der Waals surface area contributed by atoms with E-state index in [1.165, 1.54) is 44.1 Å². The van der Waals surface area contributed by atoms with E-state index >= 15 is 0 Å². The molecule has 1 aromatic rings. The van der Waals surface area contributed by atoms with Crippen LogP contribution in [0.1, 0.15) is 51.0 Å². The first-order valence-electron chi connectivity index (χ1n) is 7.15. The van der Waals surface area contributed by atoms with Gasteiger partial charge in [-0.3, -0.25) is 0 Å². The van der Waals surface area contributed by atoms with Crippen molar-refractivity contribution in [1.82, 2.24) is 0 Å². The lowest BCUT2D eigenvalue weighted by Gasteiger charge is -2.43. The Morgan fingerprint density at radius 3 is 2.78 bits per heavy atom. The number of benzene rings is 1. The molecule has 1 saturated carbocycles. The second kappa shape index (κ2) is 4.88. The van der Waals surface area contributed by atoms with Crippen molar-refractivity contribution >= 4 is 15.9 Å². The number of hydrogen-bond donors (Lipinski definition) is 0. The molecule has 2 aliphatic rings. The normalized spacial score (nSPS) is 28.6. The van der Waals surface area contributed by atoms with Crippen molar-refractivity contribution in [3.05, 3.63) is 28.2 Å². The summed E-state index contributed by atoms with van der Waals surface area (Å²) < 4.78 is 7.55. The van der Waals surface area contributed by atoms with Gasteiger partial charge in [-0.05, 0) is 62.3 Å². The zero-order valence-electron chi connectivity index (χ0n) is 11.0. The van der Waals surface area contributed by atoms with Crippen molar-refractivity contribution in [2.45, 2.75) is 57.5 Å². The van der Waals surface area contributed by atoms with Crippen LogP contribution in [0, 0.1) is 5.92 Å². The van der Waals surface area contributed by atoms with Crippen molar-refractivity contribution in [2.75, 3.05) is 0 Å². The molecule has 18 heavy (non-hydrogen) atoms. The number of rotatable bonds is 1. The van der Waals surface area contributed by atoms with Crippen LogP contribution in [-0.2, 0) is 6.42 Å². The van der Waals surface area contributed by atoms with Gasteiger partial charge in [0.05, 0.1) is 0 Å². The molecule has 1 aromatic carbocycles. The summed E-state index contributed by atoms with van der Waals surface area (Å²) in [6.07, 6.45) is 9.21. The molecule has 2 heteroatoms. The van der Waals surface area contributed by atoms with Gasteiger partial charge in [-0.15, -0.1) is 0 Å². The van der Waals surface area contributed by atoms with Gasteiger partial charge in [0, 0.05) is 4.47 Å². The molecule has 0 amide bonds. The molecule has 0 aromatic heterocycles. The molecule has 0 N–H and O–H groups in total. The van der Waals surface area contributed by atoms with E-state index in [0.29, 0.717) is 0 Å². The van der Waals surface area contributed by atoms with Gasteiger partial charge in [-0.25, -0.2) is 0 Å². The summed E-state index contributed by atoms with van der Waals surface area (Å²) in [7, 11) is 0. The molecular weight excluding hydrogens is 288 g/mol. The Morgan fingerprint density at radius 2 is 2.00 bits per heavy atom. The molecular formula is C16H21BrO. The van der Waals surface area contributed by atoms with E-state index in [-0.39, 0.29) is 5.60 Å². The van der Waals surface area contributed by atoms with E-state index in [2.05, 4.69) is 41.1 Å². The molecule has 1 nitrogen and oxygen atoms in total. The van der Waals surface area contributed by atoms with Crippen molar-refractivity contribution in [3.8, 4) is 5.75 Å². The molecule has 0 radical (unpaired) electrons. The molecule has 3 rings (SSSR count). The molecule has 0 saturated heterocycles. The van der Waals surface area contributed by atoms with E-state index in [4.69, 9.17) is 4.74 Å². The fourth-order valence-corrected chi connectivity index (χ4v) is 3.94. The summed E-state index contributed by atoms with van der Waals surface area (Å²) in [6, 6.07) is 6.42. The predicted molar refractivity (Wildman–Crippen MR) is 78.1 cm³/mol. The SMILES string of the molecule is CC1(C2CCCCC2)CCc2cc(Br)ccc2O1. The zero-order valence-corrected chi connectivity index (χ0v) is 12.6. The summed E-state index contributed by atoms with van der Waals surface area (Å²) in [5.41, 5.74) is 1.43. The average Bonchev–Trinajstić information content (AvgIpc) is 2.40. The van der Waals surface area contributed by atoms with Crippen LogP contribution in [0.25, 0.3) is 0 Å². The van der Waals surface area contributed by atoms with Crippen LogP contribution >= 0.6 is 15.9 Å². The monoisotopic (exact) mass is 308 g/mol. The molecule has 1 fully saturated rings. The maximum Gasteiger partial charge on any atom is 0.123 e. The molecule has 1 unspecified atom stereocenters. The minimum absolute atomic E-state index is 0.0707. The quantitative estimate of drug-likeness (QED) is 0.700. The van der Waals surface area contributed by atoms with Gasteiger partial charge < -0.3 is 4.74 Å². The minimum Gasteiger partial charge on any atom is -0.487 e. The van der Waals surface area contributed by atoms with E-state index in [1.54, 1.807) is 0 Å². The predicted octanol–water partition coefficient (Wildman–Crippen LogP) is 5.11. The van der Waals surface area contributed by atoms with Gasteiger partial charge in [0.15, 0.2) is 0 Å². The summed E-state index contributed by atoms with van der Waals surface area (Å²) in [4.78, 5) is 0. The largest absolute Gasteiger partial charge is 0.487 e. The molecule has 0 bridgehead atoms. The lowest BCUT2D eigenvalue weighted by molar-refractivity contribution is -0.00939. The number of halogens is 1. The van der Waals surface area contributed by atoms with Crippen molar-refractivity contribution in [2.24, 2.45) is 5.92 Å². The molecule has 1 aliphatic carbocycles. The van der Waals surface area contributed by atoms with Crippen molar-refractivity contribution < 1.29 is 4.74 Å². The number of hydrogen-bond acceptors (Lipinski definition) is 1. The van der Waals surface area contributed by atoms with Gasteiger partial charge in [0.25, 0.3) is 0 Å². The minimum atomic E-state index is 0.0707. The number of aryl methyl sites for hydroxylation is 1. The third-order valence-corrected chi connectivity index (χ3v) is 5.22. The molecule has 0 spiro atoms. The number of ether oxygens (including phenoxy) is 1. The van der Waals surface area contributed by atoms with Crippen LogP contribution in [0.4, 0.5) is 0 Å². The second-order valence-corrected chi connectivity index (χ2v) is 6.92.